The van der Waals surface area contributed by atoms with Crippen LogP contribution in [0.4, 0.5) is 0 Å². The van der Waals surface area contributed by atoms with Gasteiger partial charge in [0.2, 0.25) is 5.91 Å². The second-order valence-electron chi connectivity index (χ2n) is 1.62. The SMILES string of the molecule is C=C.CC(C)=CC(N)=O. The van der Waals surface area contributed by atoms with Gasteiger partial charge in [-0.05, 0) is 13.8 Å². The normalized spacial score (nSPS) is 6.44. The van der Waals surface area contributed by atoms with Gasteiger partial charge in [0.05, 0.1) is 0 Å². The van der Waals surface area contributed by atoms with Crippen LogP contribution in [0, 0.1) is 0 Å². The van der Waals surface area contributed by atoms with Gasteiger partial charge in [-0.1, -0.05) is 5.57 Å². The number of rotatable bonds is 1. The number of nitrogens with two attached hydrogens (primary N) is 1. The summed E-state index contributed by atoms with van der Waals surface area (Å²) >= 11 is 0. The quantitative estimate of drug-likeness (QED) is 0.418. The van der Waals surface area contributed by atoms with Crippen molar-refractivity contribution in [2.24, 2.45) is 5.73 Å². The summed E-state index contributed by atoms with van der Waals surface area (Å²) in [6.45, 7) is 9.65. The minimum atomic E-state index is -0.375. The Kier molecular flexibility index (Phi) is 8.38. The van der Waals surface area contributed by atoms with Gasteiger partial charge in [0.15, 0.2) is 0 Å². The van der Waals surface area contributed by atoms with Crippen molar-refractivity contribution in [1.82, 2.24) is 0 Å². The van der Waals surface area contributed by atoms with Crippen molar-refractivity contribution in [3.05, 3.63) is 24.8 Å². The lowest BCUT2D eigenvalue weighted by molar-refractivity contribution is -0.113. The smallest absolute Gasteiger partial charge is 0.241 e. The average molecular weight is 127 g/mol. The maximum Gasteiger partial charge on any atom is 0.241 e. The molecule has 0 spiro atoms. The molecule has 0 aromatic carbocycles. The van der Waals surface area contributed by atoms with E-state index >= 15 is 0 Å². The molecule has 0 unspecified atom stereocenters. The molecule has 9 heavy (non-hydrogen) atoms. The third-order valence-electron chi connectivity index (χ3n) is 0.431. The maximum atomic E-state index is 9.96. The van der Waals surface area contributed by atoms with Gasteiger partial charge in [0.1, 0.15) is 0 Å². The monoisotopic (exact) mass is 127 g/mol. The van der Waals surface area contributed by atoms with Crippen LogP contribution in [-0.4, -0.2) is 5.91 Å². The van der Waals surface area contributed by atoms with E-state index in [1.165, 1.54) is 6.08 Å². The zero-order valence-electron chi connectivity index (χ0n) is 5.98. The van der Waals surface area contributed by atoms with E-state index < -0.39 is 0 Å². The Hall–Kier alpha value is -1.05. The number of allylic oxidation sites excluding steroid dienone is 1. The largest absolute Gasteiger partial charge is 0.366 e. The van der Waals surface area contributed by atoms with Crippen molar-refractivity contribution in [1.29, 1.82) is 0 Å². The van der Waals surface area contributed by atoms with Gasteiger partial charge in [-0.25, -0.2) is 0 Å². The van der Waals surface area contributed by atoms with Crippen molar-refractivity contribution in [2.45, 2.75) is 13.8 Å². The first-order chi connectivity index (χ1) is 4.13. The van der Waals surface area contributed by atoms with Gasteiger partial charge >= 0.3 is 0 Å². The van der Waals surface area contributed by atoms with Crippen molar-refractivity contribution in [2.75, 3.05) is 0 Å². The summed E-state index contributed by atoms with van der Waals surface area (Å²) in [5, 5.41) is 0. The van der Waals surface area contributed by atoms with Crippen molar-refractivity contribution < 1.29 is 4.79 Å². The minimum Gasteiger partial charge on any atom is -0.366 e. The van der Waals surface area contributed by atoms with Crippen LogP contribution in [0.25, 0.3) is 0 Å². The Morgan fingerprint density at radius 1 is 1.44 bits per heavy atom. The van der Waals surface area contributed by atoms with Crippen molar-refractivity contribution in [3.63, 3.8) is 0 Å². The van der Waals surface area contributed by atoms with E-state index in [0.717, 1.165) is 5.57 Å². The summed E-state index contributed by atoms with van der Waals surface area (Å²) in [7, 11) is 0. The highest BCUT2D eigenvalue weighted by atomic mass is 16.1. The molecular weight excluding hydrogens is 114 g/mol. The molecule has 0 atom stereocenters. The minimum absolute atomic E-state index is 0.375. The van der Waals surface area contributed by atoms with E-state index in [2.05, 4.69) is 13.2 Å². The maximum absolute atomic E-state index is 9.96. The summed E-state index contributed by atoms with van der Waals surface area (Å²) in [4.78, 5) is 9.96. The second kappa shape index (κ2) is 6.95. The van der Waals surface area contributed by atoms with Crippen LogP contribution in [0.2, 0.25) is 0 Å². The highest BCUT2D eigenvalue weighted by Gasteiger charge is 1.80. The third-order valence-corrected chi connectivity index (χ3v) is 0.431. The van der Waals surface area contributed by atoms with Crippen LogP contribution in [0.3, 0.4) is 0 Å². The fourth-order valence-corrected chi connectivity index (χ4v) is 0.285. The molecular formula is C7H13NO. The van der Waals surface area contributed by atoms with Crippen LogP contribution in [-0.2, 0) is 4.79 Å². The molecule has 0 aromatic heterocycles. The third kappa shape index (κ3) is 19.6. The molecule has 1 amide bonds. The van der Waals surface area contributed by atoms with Crippen LogP contribution >= 0.6 is 0 Å². The topological polar surface area (TPSA) is 43.1 Å². The average Bonchev–Trinajstić information content (AvgIpc) is 1.68. The molecule has 0 aliphatic heterocycles. The molecule has 0 aliphatic carbocycles. The molecule has 0 radical (unpaired) electrons. The molecule has 0 fully saturated rings. The van der Waals surface area contributed by atoms with Gasteiger partial charge in [0, 0.05) is 6.08 Å². The Labute approximate surface area is 56.1 Å². The predicted molar refractivity (Wildman–Crippen MR) is 39.9 cm³/mol. The molecule has 0 saturated carbocycles. The van der Waals surface area contributed by atoms with Crippen molar-refractivity contribution >= 4 is 5.91 Å². The number of amides is 1. The van der Waals surface area contributed by atoms with E-state index in [9.17, 15) is 4.79 Å². The van der Waals surface area contributed by atoms with E-state index in [1.54, 1.807) is 0 Å². The first kappa shape index (κ1) is 10.8. The van der Waals surface area contributed by atoms with Gasteiger partial charge in [-0.15, -0.1) is 13.2 Å². The lowest BCUT2D eigenvalue weighted by atomic mass is 10.3. The fraction of sp³-hybridized carbons (Fsp3) is 0.286. The van der Waals surface area contributed by atoms with E-state index in [-0.39, 0.29) is 5.91 Å². The summed E-state index contributed by atoms with van der Waals surface area (Å²) < 4.78 is 0. The summed E-state index contributed by atoms with van der Waals surface area (Å²) in [5.74, 6) is -0.375. The lowest BCUT2D eigenvalue weighted by Crippen LogP contribution is -2.05. The first-order valence-electron chi connectivity index (χ1n) is 2.57. The Balaban J connectivity index is 0. The van der Waals surface area contributed by atoms with Crippen molar-refractivity contribution in [3.8, 4) is 0 Å². The Bertz CT molecular complexity index is 112. The highest BCUT2D eigenvalue weighted by Crippen LogP contribution is 1.84. The van der Waals surface area contributed by atoms with Gasteiger partial charge in [-0.2, -0.15) is 0 Å². The molecule has 0 aromatic rings. The molecule has 2 nitrogen and oxygen atoms in total. The number of carbonyl (C=O) groups excluding carboxylic acids is 1. The van der Waals surface area contributed by atoms with Gasteiger partial charge < -0.3 is 5.73 Å². The number of hydrogen-bond donors (Lipinski definition) is 1. The number of hydrogen-bond acceptors (Lipinski definition) is 1. The van der Waals surface area contributed by atoms with Gasteiger partial charge in [-0.3, -0.25) is 4.79 Å². The summed E-state index contributed by atoms with van der Waals surface area (Å²) in [5.41, 5.74) is 5.72. The fourth-order valence-electron chi connectivity index (χ4n) is 0.285. The number of primary amides is 1. The molecule has 2 heteroatoms. The lowest BCUT2D eigenvalue weighted by Gasteiger charge is -1.80. The highest BCUT2D eigenvalue weighted by molar-refractivity contribution is 5.86. The second-order valence-corrected chi connectivity index (χ2v) is 1.62. The molecule has 0 heterocycles. The van der Waals surface area contributed by atoms with E-state index in [4.69, 9.17) is 5.73 Å². The molecule has 0 bridgehead atoms. The summed E-state index contributed by atoms with van der Waals surface area (Å²) in [6, 6.07) is 0. The predicted octanol–water partition coefficient (Wildman–Crippen LogP) is 1.24. The first-order valence-corrected chi connectivity index (χ1v) is 2.57. The standard InChI is InChI=1S/C5H9NO.C2H4/c1-4(2)3-5(6)7;1-2/h3H,1-2H3,(H2,6,7);1-2H2. The zero-order chi connectivity index (χ0) is 7.86. The van der Waals surface area contributed by atoms with Gasteiger partial charge in [0.25, 0.3) is 0 Å². The van der Waals surface area contributed by atoms with Crippen LogP contribution in [0.5, 0.6) is 0 Å². The Morgan fingerprint density at radius 2 is 1.78 bits per heavy atom. The molecule has 0 rings (SSSR count). The van der Waals surface area contributed by atoms with Crippen LogP contribution in [0.15, 0.2) is 24.8 Å². The molecule has 2 N–H and O–H groups in total. The van der Waals surface area contributed by atoms with E-state index in [1.807, 2.05) is 13.8 Å². The summed E-state index contributed by atoms with van der Waals surface area (Å²) in [6.07, 6.45) is 1.39. The van der Waals surface area contributed by atoms with Crippen LogP contribution < -0.4 is 5.73 Å². The molecule has 0 saturated heterocycles. The molecule has 52 valence electrons. The number of carbonyl (C=O) groups is 1. The van der Waals surface area contributed by atoms with E-state index in [0.29, 0.717) is 0 Å². The molecule has 0 aliphatic rings. The zero-order valence-corrected chi connectivity index (χ0v) is 5.98. The Morgan fingerprint density at radius 3 is 1.78 bits per heavy atom. The van der Waals surface area contributed by atoms with Crippen LogP contribution in [0.1, 0.15) is 13.8 Å².